The Balaban J connectivity index is 1.93. The smallest absolute Gasteiger partial charge is 0.369 e. The molecule has 0 unspecified atom stereocenters. The first-order valence-electron chi connectivity index (χ1n) is 6.76. The van der Waals surface area contributed by atoms with E-state index in [-0.39, 0.29) is 0 Å². The molecule has 0 atom stereocenters. The lowest BCUT2D eigenvalue weighted by molar-refractivity contribution is -0.137. The second-order valence-electron chi connectivity index (χ2n) is 4.71. The molecule has 0 bridgehead atoms. The normalized spacial score (nSPS) is 20.4. The van der Waals surface area contributed by atoms with Crippen LogP contribution in [-0.2, 0) is 14.4 Å². The molecule has 0 radical (unpaired) electrons. The van der Waals surface area contributed by atoms with E-state index in [9.17, 15) is 4.79 Å². The first-order valence-corrected chi connectivity index (χ1v) is 6.76. The van der Waals surface area contributed by atoms with Gasteiger partial charge in [0.05, 0.1) is 20.3 Å². The van der Waals surface area contributed by atoms with Gasteiger partial charge in [0, 0.05) is 24.9 Å². The number of carbonyl (C=O) groups excluding carboxylic acids is 1. The SMILES string of the molecule is COc1ccccc1C1=NOC(=O)/C1=C\N1CCOCC1. The number of rotatable bonds is 3. The van der Waals surface area contributed by atoms with Crippen LogP contribution in [0.5, 0.6) is 5.75 Å². The zero-order valence-electron chi connectivity index (χ0n) is 11.7. The third-order valence-electron chi connectivity index (χ3n) is 3.41. The van der Waals surface area contributed by atoms with E-state index in [0.29, 0.717) is 30.2 Å². The molecule has 2 aliphatic heterocycles. The molecule has 0 aromatic heterocycles. The van der Waals surface area contributed by atoms with Crippen LogP contribution in [0.1, 0.15) is 5.56 Å². The van der Waals surface area contributed by atoms with Gasteiger partial charge in [-0.15, -0.1) is 0 Å². The summed E-state index contributed by atoms with van der Waals surface area (Å²) >= 11 is 0. The Hall–Kier alpha value is -2.34. The Bertz CT molecular complexity index is 603. The molecule has 1 fully saturated rings. The molecule has 2 aliphatic rings. The highest BCUT2D eigenvalue weighted by atomic mass is 16.7. The van der Waals surface area contributed by atoms with Gasteiger partial charge >= 0.3 is 5.97 Å². The van der Waals surface area contributed by atoms with Crippen molar-refractivity contribution in [3.05, 3.63) is 41.6 Å². The summed E-state index contributed by atoms with van der Waals surface area (Å²) in [5.41, 5.74) is 1.69. The Morgan fingerprint density at radius 3 is 2.81 bits per heavy atom. The van der Waals surface area contributed by atoms with Crippen molar-refractivity contribution in [2.45, 2.75) is 0 Å². The summed E-state index contributed by atoms with van der Waals surface area (Å²) in [7, 11) is 1.59. The van der Waals surface area contributed by atoms with Crippen LogP contribution >= 0.6 is 0 Å². The van der Waals surface area contributed by atoms with Gasteiger partial charge in [0.1, 0.15) is 17.0 Å². The lowest BCUT2D eigenvalue weighted by Gasteiger charge is -2.25. The Labute approximate surface area is 122 Å². The van der Waals surface area contributed by atoms with Crippen molar-refractivity contribution in [3.8, 4) is 5.75 Å². The second kappa shape index (κ2) is 5.97. The molecule has 110 valence electrons. The molecule has 0 aliphatic carbocycles. The Morgan fingerprint density at radius 1 is 1.29 bits per heavy atom. The summed E-state index contributed by atoms with van der Waals surface area (Å²) in [4.78, 5) is 18.8. The van der Waals surface area contributed by atoms with Crippen LogP contribution < -0.4 is 4.74 Å². The van der Waals surface area contributed by atoms with Crippen LogP contribution in [0.15, 0.2) is 41.2 Å². The molecular weight excluding hydrogens is 272 g/mol. The van der Waals surface area contributed by atoms with E-state index in [2.05, 4.69) is 5.16 Å². The molecular formula is C15H16N2O4. The van der Waals surface area contributed by atoms with Crippen LogP contribution in [0, 0.1) is 0 Å². The Kier molecular flexibility index (Phi) is 3.87. The van der Waals surface area contributed by atoms with Crippen molar-refractivity contribution in [2.24, 2.45) is 5.16 Å². The fourth-order valence-electron chi connectivity index (χ4n) is 2.32. The first-order chi connectivity index (χ1) is 10.3. The molecule has 2 heterocycles. The number of nitrogens with zero attached hydrogens (tertiary/aromatic N) is 2. The van der Waals surface area contributed by atoms with Crippen molar-refractivity contribution < 1.29 is 19.1 Å². The van der Waals surface area contributed by atoms with Crippen LogP contribution in [-0.4, -0.2) is 50.0 Å². The number of para-hydroxylation sites is 1. The lowest BCUT2D eigenvalue weighted by atomic mass is 10.0. The molecule has 1 aromatic carbocycles. The molecule has 0 amide bonds. The predicted octanol–water partition coefficient (Wildman–Crippen LogP) is 1.17. The third kappa shape index (κ3) is 2.75. The topological polar surface area (TPSA) is 60.4 Å². The van der Waals surface area contributed by atoms with E-state index in [4.69, 9.17) is 14.3 Å². The minimum absolute atomic E-state index is 0.442. The maximum absolute atomic E-state index is 11.9. The summed E-state index contributed by atoms with van der Waals surface area (Å²) in [5, 5.41) is 3.90. The molecule has 1 aromatic rings. The standard InChI is InChI=1S/C15H16N2O4/c1-19-13-5-3-2-4-11(13)14-12(15(18)21-16-14)10-17-6-8-20-9-7-17/h2-5,10H,6-9H2,1H3/b12-10-. The summed E-state index contributed by atoms with van der Waals surface area (Å²) in [5.74, 6) is 0.213. The van der Waals surface area contributed by atoms with Crippen molar-refractivity contribution in [1.82, 2.24) is 4.90 Å². The van der Waals surface area contributed by atoms with Crippen LogP contribution in [0.25, 0.3) is 0 Å². The fourth-order valence-corrected chi connectivity index (χ4v) is 2.32. The zero-order chi connectivity index (χ0) is 14.7. The number of carbonyl (C=O) groups is 1. The first kappa shape index (κ1) is 13.6. The summed E-state index contributed by atoms with van der Waals surface area (Å²) < 4.78 is 10.6. The van der Waals surface area contributed by atoms with Gasteiger partial charge in [-0.2, -0.15) is 0 Å². The molecule has 6 nitrogen and oxygen atoms in total. The van der Waals surface area contributed by atoms with Gasteiger partial charge in [-0.1, -0.05) is 17.3 Å². The summed E-state index contributed by atoms with van der Waals surface area (Å²) in [6.07, 6.45) is 1.79. The average Bonchev–Trinajstić information content (AvgIpc) is 2.89. The number of ether oxygens (including phenoxy) is 2. The number of morpholine rings is 1. The van der Waals surface area contributed by atoms with Crippen LogP contribution in [0.4, 0.5) is 0 Å². The number of hydrogen-bond acceptors (Lipinski definition) is 6. The highest BCUT2D eigenvalue weighted by Crippen LogP contribution is 2.25. The van der Waals surface area contributed by atoms with Crippen molar-refractivity contribution in [2.75, 3.05) is 33.4 Å². The van der Waals surface area contributed by atoms with E-state index in [1.54, 1.807) is 13.3 Å². The maximum atomic E-state index is 11.9. The van der Waals surface area contributed by atoms with Crippen molar-refractivity contribution >= 4 is 11.7 Å². The number of oxime groups is 1. The third-order valence-corrected chi connectivity index (χ3v) is 3.41. The zero-order valence-corrected chi connectivity index (χ0v) is 11.7. The summed E-state index contributed by atoms with van der Waals surface area (Å²) in [6.45, 7) is 2.80. The molecule has 3 rings (SSSR count). The minimum atomic E-state index is -0.442. The van der Waals surface area contributed by atoms with Gasteiger partial charge < -0.3 is 19.2 Å². The molecule has 1 saturated heterocycles. The average molecular weight is 288 g/mol. The summed E-state index contributed by atoms with van der Waals surface area (Å²) in [6, 6.07) is 7.42. The van der Waals surface area contributed by atoms with E-state index >= 15 is 0 Å². The van der Waals surface area contributed by atoms with Gasteiger partial charge in [-0.3, -0.25) is 0 Å². The van der Waals surface area contributed by atoms with Gasteiger partial charge in [-0.05, 0) is 12.1 Å². The lowest BCUT2D eigenvalue weighted by Crippen LogP contribution is -2.33. The quantitative estimate of drug-likeness (QED) is 0.617. The van der Waals surface area contributed by atoms with Gasteiger partial charge in [-0.25, -0.2) is 4.79 Å². The molecule has 6 heteroatoms. The van der Waals surface area contributed by atoms with Gasteiger partial charge in [0.15, 0.2) is 0 Å². The van der Waals surface area contributed by atoms with Gasteiger partial charge in [0.2, 0.25) is 0 Å². The monoisotopic (exact) mass is 288 g/mol. The molecule has 0 N–H and O–H groups in total. The molecule has 21 heavy (non-hydrogen) atoms. The number of hydrogen-bond donors (Lipinski definition) is 0. The minimum Gasteiger partial charge on any atom is -0.496 e. The van der Waals surface area contributed by atoms with Crippen LogP contribution in [0.3, 0.4) is 0 Å². The molecule has 0 spiro atoms. The van der Waals surface area contributed by atoms with Crippen molar-refractivity contribution in [3.63, 3.8) is 0 Å². The number of methoxy groups -OCH3 is 1. The number of benzene rings is 1. The Morgan fingerprint density at radius 2 is 2.05 bits per heavy atom. The predicted molar refractivity (Wildman–Crippen MR) is 76.1 cm³/mol. The fraction of sp³-hybridized carbons (Fsp3) is 0.333. The van der Waals surface area contributed by atoms with Crippen molar-refractivity contribution in [1.29, 1.82) is 0 Å². The van der Waals surface area contributed by atoms with E-state index in [1.807, 2.05) is 29.2 Å². The molecule has 0 saturated carbocycles. The van der Waals surface area contributed by atoms with Gasteiger partial charge in [0.25, 0.3) is 0 Å². The highest BCUT2D eigenvalue weighted by molar-refractivity contribution is 6.29. The maximum Gasteiger partial charge on any atom is 0.369 e. The highest BCUT2D eigenvalue weighted by Gasteiger charge is 2.29. The van der Waals surface area contributed by atoms with E-state index in [0.717, 1.165) is 18.7 Å². The van der Waals surface area contributed by atoms with E-state index < -0.39 is 5.97 Å². The van der Waals surface area contributed by atoms with E-state index in [1.165, 1.54) is 0 Å². The second-order valence-corrected chi connectivity index (χ2v) is 4.71. The largest absolute Gasteiger partial charge is 0.496 e. The van der Waals surface area contributed by atoms with Crippen LogP contribution in [0.2, 0.25) is 0 Å².